The number of hydrogen-bond donors (Lipinski definition) is 0. The van der Waals surface area contributed by atoms with Gasteiger partial charge < -0.3 is 0 Å². The monoisotopic (exact) mass is 902 g/mol. The van der Waals surface area contributed by atoms with E-state index >= 15 is 0 Å². The van der Waals surface area contributed by atoms with Crippen molar-refractivity contribution < 1.29 is 0 Å². The van der Waals surface area contributed by atoms with E-state index in [1.807, 2.05) is 0 Å². The van der Waals surface area contributed by atoms with Gasteiger partial charge in [0.25, 0.3) is 0 Å². The van der Waals surface area contributed by atoms with E-state index in [0.29, 0.717) is 11.8 Å². The first-order valence-corrected chi connectivity index (χ1v) is 26.1. The standard InChI is InChI=1S/C70H62/c1-37(2)47-31-49(39-21-27-59-51(29-39)55-33-53-41-17-13-15-19-57(41)67(5,6)61(53)35-63(55)69(59,9)10)45-26-24-44-48(38(3)4)32-50(46-25-23-43(47)65(45)66(44)46)40-22-28-60-52(30-40)56-34-54-42-18-14-16-20-58(42)68(7,8)62(54)36-64(56)70(60,11)12/h13-38H,1-12H3. The molecule has 0 saturated heterocycles. The summed E-state index contributed by atoms with van der Waals surface area (Å²) in [6.07, 6.45) is 0. The lowest BCUT2D eigenvalue weighted by atomic mass is 9.77. The molecule has 10 aromatic rings. The van der Waals surface area contributed by atoms with Crippen LogP contribution in [0.15, 0.2) is 146 Å². The van der Waals surface area contributed by atoms with Crippen LogP contribution in [0.25, 0.3) is 99.1 Å². The molecule has 342 valence electrons. The summed E-state index contributed by atoms with van der Waals surface area (Å²) in [5.74, 6) is 0.707. The molecule has 70 heavy (non-hydrogen) atoms. The van der Waals surface area contributed by atoms with Crippen molar-refractivity contribution in [3.8, 4) is 66.8 Å². The summed E-state index contributed by atoms with van der Waals surface area (Å²) in [6, 6.07) is 58.1. The highest BCUT2D eigenvalue weighted by Crippen LogP contribution is 2.59. The van der Waals surface area contributed by atoms with Crippen molar-refractivity contribution in [2.75, 3.05) is 0 Å². The summed E-state index contributed by atoms with van der Waals surface area (Å²) in [5.41, 5.74) is 30.4. The zero-order valence-electron chi connectivity index (χ0n) is 43.0. The molecule has 0 aromatic heterocycles. The maximum atomic E-state index is 2.56. The fraction of sp³-hybridized carbons (Fsp3) is 0.257. The van der Waals surface area contributed by atoms with Gasteiger partial charge in [0, 0.05) is 21.7 Å². The Hall–Kier alpha value is -6.76. The van der Waals surface area contributed by atoms with Crippen LogP contribution >= 0.6 is 0 Å². The normalized spacial score (nSPS) is 16.7. The van der Waals surface area contributed by atoms with Gasteiger partial charge in [-0.15, -0.1) is 0 Å². The molecule has 0 nitrogen and oxygen atoms in total. The first kappa shape index (κ1) is 42.1. The van der Waals surface area contributed by atoms with Crippen molar-refractivity contribution in [1.82, 2.24) is 0 Å². The summed E-state index contributed by atoms with van der Waals surface area (Å²) in [7, 11) is 0. The van der Waals surface area contributed by atoms with Crippen LogP contribution in [0.2, 0.25) is 0 Å². The molecule has 0 saturated carbocycles. The number of rotatable bonds is 4. The molecule has 14 rings (SSSR count). The minimum Gasteiger partial charge on any atom is -0.0619 e. The molecule has 0 spiro atoms. The zero-order chi connectivity index (χ0) is 48.3. The second-order valence-corrected chi connectivity index (χ2v) is 24.4. The molecular formula is C70H62. The molecule has 0 unspecified atom stereocenters. The van der Waals surface area contributed by atoms with Gasteiger partial charge in [0.2, 0.25) is 0 Å². The lowest BCUT2D eigenvalue weighted by Crippen LogP contribution is -2.18. The average molecular weight is 903 g/mol. The molecule has 0 heteroatoms. The van der Waals surface area contributed by atoms with Crippen molar-refractivity contribution in [3.05, 3.63) is 201 Å². The van der Waals surface area contributed by atoms with Gasteiger partial charge in [-0.25, -0.2) is 0 Å². The second kappa shape index (κ2) is 13.6. The third-order valence-corrected chi connectivity index (χ3v) is 18.6. The molecule has 0 heterocycles. The molecule has 0 aliphatic heterocycles. The predicted octanol–water partition coefficient (Wildman–Crippen LogP) is 19.4. The fourth-order valence-corrected chi connectivity index (χ4v) is 14.7. The van der Waals surface area contributed by atoms with E-state index in [-0.39, 0.29) is 21.7 Å². The molecule has 0 fully saturated rings. The SMILES string of the molecule is CC(C)c1cc(-c2ccc3c(c2)-c2cc4c(cc2C3(C)C)C(C)(C)c2ccccc2-4)c2ccc3c(C(C)C)cc(-c4ccc5c(c4)-c4cc6c(cc4C5(C)C)C(C)(C)c4ccccc4-6)c4ccc1c2c43. The number of hydrogen-bond acceptors (Lipinski definition) is 0. The highest BCUT2D eigenvalue weighted by molar-refractivity contribution is 6.29. The second-order valence-electron chi connectivity index (χ2n) is 24.4. The van der Waals surface area contributed by atoms with Crippen LogP contribution in [0.3, 0.4) is 0 Å². The minimum atomic E-state index is -0.101. The molecule has 0 N–H and O–H groups in total. The van der Waals surface area contributed by atoms with Crippen LogP contribution in [0, 0.1) is 0 Å². The highest BCUT2D eigenvalue weighted by atomic mass is 14.5. The third kappa shape index (κ3) is 5.17. The van der Waals surface area contributed by atoms with Gasteiger partial charge in [-0.2, -0.15) is 0 Å². The van der Waals surface area contributed by atoms with Crippen LogP contribution in [-0.4, -0.2) is 0 Å². The van der Waals surface area contributed by atoms with Gasteiger partial charge in [-0.05, 0) is 203 Å². The molecule has 0 amide bonds. The number of fused-ring (bicyclic) bond motifs is 12. The molecule has 10 aromatic carbocycles. The van der Waals surface area contributed by atoms with E-state index in [9.17, 15) is 0 Å². The van der Waals surface area contributed by atoms with Crippen molar-refractivity contribution in [3.63, 3.8) is 0 Å². The van der Waals surface area contributed by atoms with Crippen LogP contribution in [0.4, 0.5) is 0 Å². The van der Waals surface area contributed by atoms with Crippen molar-refractivity contribution in [1.29, 1.82) is 0 Å². The lowest BCUT2D eigenvalue weighted by Gasteiger charge is -2.26. The Morgan fingerprint density at radius 3 is 0.943 bits per heavy atom. The summed E-state index contributed by atoms with van der Waals surface area (Å²) in [5, 5.41) is 8.25. The van der Waals surface area contributed by atoms with Crippen LogP contribution in [0.1, 0.15) is 151 Å². The van der Waals surface area contributed by atoms with Crippen LogP contribution in [0.5, 0.6) is 0 Å². The summed E-state index contributed by atoms with van der Waals surface area (Å²) >= 11 is 0. The van der Waals surface area contributed by atoms with Crippen LogP contribution < -0.4 is 0 Å². The Morgan fingerprint density at radius 2 is 0.571 bits per heavy atom. The predicted molar refractivity (Wildman–Crippen MR) is 299 cm³/mol. The Bertz CT molecular complexity index is 3730. The smallest absolute Gasteiger partial charge is 0.0158 e. The van der Waals surface area contributed by atoms with Gasteiger partial charge in [0.1, 0.15) is 0 Å². The van der Waals surface area contributed by atoms with Crippen molar-refractivity contribution in [2.24, 2.45) is 0 Å². The summed E-state index contributed by atoms with van der Waals surface area (Å²) in [6.45, 7) is 28.8. The molecule has 0 radical (unpaired) electrons. The summed E-state index contributed by atoms with van der Waals surface area (Å²) in [4.78, 5) is 0. The molecule has 0 atom stereocenters. The van der Waals surface area contributed by atoms with E-state index in [4.69, 9.17) is 0 Å². The van der Waals surface area contributed by atoms with E-state index < -0.39 is 0 Å². The molecule has 4 aliphatic carbocycles. The maximum absolute atomic E-state index is 2.56. The lowest BCUT2D eigenvalue weighted by molar-refractivity contribution is 0.639. The Balaban J connectivity index is 0.979. The quantitative estimate of drug-likeness (QED) is 0.154. The minimum absolute atomic E-state index is 0.0324. The van der Waals surface area contributed by atoms with E-state index in [2.05, 4.69) is 229 Å². The molecule has 0 bridgehead atoms. The van der Waals surface area contributed by atoms with E-state index in [0.717, 1.165) is 0 Å². The molecule has 4 aliphatic rings. The fourth-order valence-electron chi connectivity index (χ4n) is 14.7. The molecular weight excluding hydrogens is 841 g/mol. The Labute approximate surface area is 414 Å². The Kier molecular flexibility index (Phi) is 8.16. The average Bonchev–Trinajstić information content (AvgIpc) is 3.90. The third-order valence-electron chi connectivity index (χ3n) is 18.6. The number of benzene rings is 10. The van der Waals surface area contributed by atoms with Gasteiger partial charge in [-0.3, -0.25) is 0 Å². The first-order valence-electron chi connectivity index (χ1n) is 26.1. The van der Waals surface area contributed by atoms with E-state index in [1.165, 1.54) is 155 Å². The summed E-state index contributed by atoms with van der Waals surface area (Å²) < 4.78 is 0. The van der Waals surface area contributed by atoms with Gasteiger partial charge in [0.05, 0.1) is 0 Å². The topological polar surface area (TPSA) is 0 Å². The first-order chi connectivity index (χ1) is 33.4. The van der Waals surface area contributed by atoms with Gasteiger partial charge >= 0.3 is 0 Å². The van der Waals surface area contributed by atoms with Gasteiger partial charge in [-0.1, -0.05) is 192 Å². The van der Waals surface area contributed by atoms with Crippen LogP contribution in [-0.2, 0) is 21.7 Å². The zero-order valence-corrected chi connectivity index (χ0v) is 43.0. The van der Waals surface area contributed by atoms with Gasteiger partial charge in [0.15, 0.2) is 0 Å². The largest absolute Gasteiger partial charge is 0.0619 e. The van der Waals surface area contributed by atoms with E-state index in [1.54, 1.807) is 0 Å². The maximum Gasteiger partial charge on any atom is 0.0158 e. The van der Waals surface area contributed by atoms with Crippen molar-refractivity contribution in [2.45, 2.75) is 117 Å². The Morgan fingerprint density at radius 1 is 0.257 bits per heavy atom. The van der Waals surface area contributed by atoms with Crippen molar-refractivity contribution >= 4 is 32.3 Å². The highest BCUT2D eigenvalue weighted by Gasteiger charge is 2.44.